The van der Waals surface area contributed by atoms with Gasteiger partial charge in [-0.05, 0) is 12.5 Å². The molecule has 0 spiro atoms. The fraction of sp³-hybridized carbons (Fsp3) is 0.500. The molecule has 2 atom stereocenters. The zero-order valence-electron chi connectivity index (χ0n) is 11.5. The molecule has 1 saturated heterocycles. The number of aliphatic hydroxyl groups is 1. The maximum Gasteiger partial charge on any atom is 0.410 e. The second-order valence-corrected chi connectivity index (χ2v) is 4.84. The molecule has 6 heteroatoms. The monoisotopic (exact) mass is 300 g/mol. The first-order valence-electron chi connectivity index (χ1n) is 6.52. The highest BCUT2D eigenvalue weighted by Crippen LogP contribution is 2.10. The summed E-state index contributed by atoms with van der Waals surface area (Å²) < 4.78 is 5.30. The van der Waals surface area contributed by atoms with E-state index in [2.05, 4.69) is 5.32 Å². The number of ether oxygens (including phenoxy) is 1. The van der Waals surface area contributed by atoms with E-state index in [-0.39, 0.29) is 43.8 Å². The van der Waals surface area contributed by atoms with Crippen molar-refractivity contribution in [2.45, 2.75) is 25.6 Å². The second-order valence-electron chi connectivity index (χ2n) is 4.84. The molecule has 1 amide bonds. The van der Waals surface area contributed by atoms with Gasteiger partial charge in [0.2, 0.25) is 0 Å². The lowest BCUT2D eigenvalue weighted by molar-refractivity contribution is 0.0469. The quantitative estimate of drug-likeness (QED) is 0.886. The number of hydrogen-bond donors (Lipinski definition) is 2. The van der Waals surface area contributed by atoms with Crippen molar-refractivity contribution in [2.75, 3.05) is 19.7 Å². The Bertz CT molecular complexity index is 416. The number of carbonyl (C=O) groups is 1. The number of piperazine rings is 1. The first-order valence-corrected chi connectivity index (χ1v) is 6.52. The van der Waals surface area contributed by atoms with Gasteiger partial charge in [0.05, 0.1) is 12.6 Å². The topological polar surface area (TPSA) is 61.8 Å². The van der Waals surface area contributed by atoms with E-state index in [9.17, 15) is 9.90 Å². The molecule has 20 heavy (non-hydrogen) atoms. The molecule has 0 bridgehead atoms. The number of rotatable bonds is 3. The molecule has 1 aromatic carbocycles. The molecule has 1 aliphatic heterocycles. The molecule has 0 unspecified atom stereocenters. The van der Waals surface area contributed by atoms with Crippen molar-refractivity contribution >= 4 is 18.5 Å². The highest BCUT2D eigenvalue weighted by molar-refractivity contribution is 5.85. The largest absolute Gasteiger partial charge is 0.445 e. The first-order chi connectivity index (χ1) is 9.20. The summed E-state index contributed by atoms with van der Waals surface area (Å²) >= 11 is 0. The molecule has 2 N–H and O–H groups in total. The molecule has 0 aliphatic carbocycles. The number of halogens is 1. The van der Waals surface area contributed by atoms with Gasteiger partial charge >= 0.3 is 6.09 Å². The molecular formula is C14H21ClN2O3. The SMILES string of the molecule is C[C@@H]1CN(C(=O)OCc2ccccc2)[C@@H](CO)CN1.Cl. The van der Waals surface area contributed by atoms with E-state index in [4.69, 9.17) is 4.74 Å². The predicted molar refractivity (Wildman–Crippen MR) is 78.9 cm³/mol. The minimum absolute atomic E-state index is 0. The van der Waals surface area contributed by atoms with Crippen molar-refractivity contribution in [2.24, 2.45) is 0 Å². The Morgan fingerprint density at radius 1 is 1.45 bits per heavy atom. The van der Waals surface area contributed by atoms with Gasteiger partial charge in [-0.2, -0.15) is 0 Å². The average Bonchev–Trinajstić information content (AvgIpc) is 2.46. The molecule has 0 aromatic heterocycles. The van der Waals surface area contributed by atoms with Crippen LogP contribution in [0.2, 0.25) is 0 Å². The summed E-state index contributed by atoms with van der Waals surface area (Å²) in [4.78, 5) is 13.7. The minimum Gasteiger partial charge on any atom is -0.445 e. The maximum atomic E-state index is 12.1. The van der Waals surface area contributed by atoms with Crippen LogP contribution in [0.1, 0.15) is 12.5 Å². The van der Waals surface area contributed by atoms with Crippen LogP contribution in [0.25, 0.3) is 0 Å². The van der Waals surface area contributed by atoms with Crippen LogP contribution in [0.15, 0.2) is 30.3 Å². The van der Waals surface area contributed by atoms with Gasteiger partial charge < -0.3 is 20.1 Å². The predicted octanol–water partition coefficient (Wildman–Crippen LogP) is 1.40. The number of hydrogen-bond acceptors (Lipinski definition) is 4. The minimum atomic E-state index is -0.365. The third kappa shape index (κ3) is 4.37. The van der Waals surface area contributed by atoms with Gasteiger partial charge in [0.15, 0.2) is 0 Å². The fourth-order valence-corrected chi connectivity index (χ4v) is 2.15. The van der Waals surface area contributed by atoms with E-state index >= 15 is 0 Å². The molecule has 112 valence electrons. The summed E-state index contributed by atoms with van der Waals surface area (Å²) in [6.07, 6.45) is -0.365. The lowest BCUT2D eigenvalue weighted by atomic mass is 10.1. The summed E-state index contributed by atoms with van der Waals surface area (Å²) in [5.74, 6) is 0. The zero-order chi connectivity index (χ0) is 13.7. The number of aliphatic hydroxyl groups excluding tert-OH is 1. The Balaban J connectivity index is 0.00000200. The Morgan fingerprint density at radius 2 is 2.15 bits per heavy atom. The molecule has 1 heterocycles. The Hall–Kier alpha value is -1.30. The first kappa shape index (κ1) is 16.8. The van der Waals surface area contributed by atoms with Gasteiger partial charge in [0.25, 0.3) is 0 Å². The van der Waals surface area contributed by atoms with Crippen molar-refractivity contribution in [1.82, 2.24) is 10.2 Å². The van der Waals surface area contributed by atoms with Crippen molar-refractivity contribution in [3.8, 4) is 0 Å². The lowest BCUT2D eigenvalue weighted by Gasteiger charge is -2.37. The van der Waals surface area contributed by atoms with E-state index in [0.717, 1.165) is 5.56 Å². The highest BCUT2D eigenvalue weighted by atomic mass is 35.5. The van der Waals surface area contributed by atoms with E-state index in [1.165, 1.54) is 0 Å². The third-order valence-corrected chi connectivity index (χ3v) is 3.26. The van der Waals surface area contributed by atoms with Crippen LogP contribution in [0, 0.1) is 0 Å². The average molecular weight is 301 g/mol. The smallest absolute Gasteiger partial charge is 0.410 e. The Labute approximate surface area is 125 Å². The van der Waals surface area contributed by atoms with Gasteiger partial charge in [-0.3, -0.25) is 0 Å². The number of carbonyl (C=O) groups excluding carboxylic acids is 1. The molecule has 1 fully saturated rings. The lowest BCUT2D eigenvalue weighted by Crippen LogP contribution is -2.58. The summed E-state index contributed by atoms with van der Waals surface area (Å²) in [6.45, 7) is 3.36. The van der Waals surface area contributed by atoms with Crippen molar-refractivity contribution < 1.29 is 14.6 Å². The summed E-state index contributed by atoms with van der Waals surface area (Å²) in [6, 6.07) is 9.57. The molecular weight excluding hydrogens is 280 g/mol. The Morgan fingerprint density at radius 3 is 2.80 bits per heavy atom. The third-order valence-electron chi connectivity index (χ3n) is 3.26. The summed E-state index contributed by atoms with van der Waals surface area (Å²) in [5.41, 5.74) is 0.958. The molecule has 1 aromatic rings. The molecule has 0 saturated carbocycles. The number of benzene rings is 1. The molecule has 2 rings (SSSR count). The van der Waals surface area contributed by atoms with Crippen LogP contribution in [-0.4, -0.2) is 47.9 Å². The van der Waals surface area contributed by atoms with Gasteiger partial charge in [0.1, 0.15) is 6.61 Å². The highest BCUT2D eigenvalue weighted by Gasteiger charge is 2.30. The van der Waals surface area contributed by atoms with Crippen LogP contribution in [-0.2, 0) is 11.3 Å². The maximum absolute atomic E-state index is 12.1. The van der Waals surface area contributed by atoms with Crippen molar-refractivity contribution in [3.05, 3.63) is 35.9 Å². The number of nitrogens with one attached hydrogen (secondary N) is 1. The molecule has 5 nitrogen and oxygen atoms in total. The summed E-state index contributed by atoms with van der Waals surface area (Å²) in [5, 5.41) is 12.5. The fourth-order valence-electron chi connectivity index (χ4n) is 2.15. The van der Waals surface area contributed by atoms with Crippen LogP contribution < -0.4 is 5.32 Å². The zero-order valence-corrected chi connectivity index (χ0v) is 12.3. The van der Waals surface area contributed by atoms with Crippen LogP contribution in [0.5, 0.6) is 0 Å². The van der Waals surface area contributed by atoms with Crippen LogP contribution in [0.4, 0.5) is 4.79 Å². The number of nitrogens with zero attached hydrogens (tertiary/aromatic N) is 1. The van der Waals surface area contributed by atoms with E-state index in [1.807, 2.05) is 37.3 Å². The molecule has 0 radical (unpaired) electrons. The van der Waals surface area contributed by atoms with Crippen molar-refractivity contribution in [3.63, 3.8) is 0 Å². The van der Waals surface area contributed by atoms with E-state index < -0.39 is 0 Å². The van der Waals surface area contributed by atoms with Gasteiger partial charge in [-0.25, -0.2) is 4.79 Å². The van der Waals surface area contributed by atoms with Crippen LogP contribution >= 0.6 is 12.4 Å². The standard InChI is InChI=1S/C14H20N2O3.ClH/c1-11-8-16(13(9-17)7-15-11)14(18)19-10-12-5-3-2-4-6-12;/h2-6,11,13,15,17H,7-10H2,1H3;1H/t11-,13-;/m1./s1. The second kappa shape index (κ2) is 8.09. The van der Waals surface area contributed by atoms with Gasteiger partial charge in [0, 0.05) is 19.1 Å². The van der Waals surface area contributed by atoms with Crippen molar-refractivity contribution in [1.29, 1.82) is 0 Å². The Kier molecular flexibility index (Phi) is 6.78. The number of amides is 1. The normalized spacial score (nSPS) is 22.0. The molecule has 1 aliphatic rings. The van der Waals surface area contributed by atoms with Gasteiger partial charge in [-0.1, -0.05) is 30.3 Å². The van der Waals surface area contributed by atoms with E-state index in [1.54, 1.807) is 4.90 Å². The van der Waals surface area contributed by atoms with E-state index in [0.29, 0.717) is 13.1 Å². The van der Waals surface area contributed by atoms with Crippen LogP contribution in [0.3, 0.4) is 0 Å². The van der Waals surface area contributed by atoms with Gasteiger partial charge in [-0.15, -0.1) is 12.4 Å². The summed E-state index contributed by atoms with van der Waals surface area (Å²) in [7, 11) is 0.